The van der Waals surface area contributed by atoms with Crippen LogP contribution < -0.4 is 17.2 Å². The van der Waals surface area contributed by atoms with Gasteiger partial charge in [0.1, 0.15) is 0 Å². The molecule has 3 unspecified atom stereocenters. The van der Waals surface area contributed by atoms with E-state index >= 15 is 0 Å². The van der Waals surface area contributed by atoms with Crippen molar-refractivity contribution in [1.82, 2.24) is 0 Å². The van der Waals surface area contributed by atoms with Crippen molar-refractivity contribution in [2.45, 2.75) is 38.5 Å². The van der Waals surface area contributed by atoms with Crippen LogP contribution in [0.4, 0.5) is 0 Å². The van der Waals surface area contributed by atoms with Crippen LogP contribution in [0.1, 0.15) is 38.5 Å². The molecular weight excluding hydrogens is 186 g/mol. The minimum atomic E-state index is 0.741. The van der Waals surface area contributed by atoms with Gasteiger partial charge in [-0.05, 0) is 69.5 Å². The van der Waals surface area contributed by atoms with Crippen LogP contribution in [0.5, 0.6) is 0 Å². The Labute approximate surface area is 93.8 Å². The maximum absolute atomic E-state index is 5.83. The zero-order valence-electron chi connectivity index (χ0n) is 9.83. The summed E-state index contributed by atoms with van der Waals surface area (Å²) in [6.45, 7) is 2.50. The molecule has 0 heterocycles. The average Bonchev–Trinajstić information content (AvgIpc) is 2.27. The Bertz CT molecular complexity index is 161. The van der Waals surface area contributed by atoms with E-state index in [0.717, 1.165) is 43.8 Å². The van der Waals surface area contributed by atoms with Crippen LogP contribution in [0, 0.1) is 17.8 Å². The quantitative estimate of drug-likeness (QED) is 0.617. The van der Waals surface area contributed by atoms with Gasteiger partial charge in [0.25, 0.3) is 0 Å². The molecule has 1 fully saturated rings. The fourth-order valence-corrected chi connectivity index (χ4v) is 2.97. The SMILES string of the molecule is NCCCC1CC(CCN)CCC1CN. The minimum Gasteiger partial charge on any atom is -0.330 e. The van der Waals surface area contributed by atoms with Gasteiger partial charge in [-0.15, -0.1) is 0 Å². The molecule has 3 heteroatoms. The number of hydrogen-bond donors (Lipinski definition) is 3. The molecule has 0 aromatic carbocycles. The molecule has 90 valence electrons. The lowest BCUT2D eigenvalue weighted by molar-refractivity contribution is 0.168. The highest BCUT2D eigenvalue weighted by Crippen LogP contribution is 2.37. The second kappa shape index (κ2) is 7.20. The molecule has 15 heavy (non-hydrogen) atoms. The van der Waals surface area contributed by atoms with E-state index in [-0.39, 0.29) is 0 Å². The predicted molar refractivity (Wildman–Crippen MR) is 65.3 cm³/mol. The first-order chi connectivity index (χ1) is 7.31. The smallest absolute Gasteiger partial charge is 0.00462 e. The maximum atomic E-state index is 5.83. The van der Waals surface area contributed by atoms with Crippen molar-refractivity contribution in [3.8, 4) is 0 Å². The summed E-state index contributed by atoms with van der Waals surface area (Å²) in [7, 11) is 0. The molecule has 3 nitrogen and oxygen atoms in total. The molecular formula is C12H27N3. The summed E-state index contributed by atoms with van der Waals surface area (Å²) >= 11 is 0. The Morgan fingerprint density at radius 2 is 1.67 bits per heavy atom. The molecule has 1 saturated carbocycles. The third-order valence-corrected chi connectivity index (χ3v) is 3.91. The van der Waals surface area contributed by atoms with Crippen LogP contribution in [-0.4, -0.2) is 19.6 Å². The Hall–Kier alpha value is -0.120. The van der Waals surface area contributed by atoms with Crippen molar-refractivity contribution in [2.24, 2.45) is 35.0 Å². The summed E-state index contributed by atoms with van der Waals surface area (Å²) in [4.78, 5) is 0. The summed E-state index contributed by atoms with van der Waals surface area (Å²) in [5.41, 5.74) is 17.0. The van der Waals surface area contributed by atoms with E-state index in [4.69, 9.17) is 17.2 Å². The summed E-state index contributed by atoms with van der Waals surface area (Å²) in [5, 5.41) is 0. The Morgan fingerprint density at radius 1 is 0.867 bits per heavy atom. The van der Waals surface area contributed by atoms with E-state index in [9.17, 15) is 0 Å². The Morgan fingerprint density at radius 3 is 2.27 bits per heavy atom. The predicted octanol–water partition coefficient (Wildman–Crippen LogP) is 1.07. The number of hydrogen-bond acceptors (Lipinski definition) is 3. The van der Waals surface area contributed by atoms with E-state index in [1.54, 1.807) is 0 Å². The van der Waals surface area contributed by atoms with Crippen molar-refractivity contribution in [3.05, 3.63) is 0 Å². The molecule has 0 spiro atoms. The van der Waals surface area contributed by atoms with E-state index in [1.165, 1.54) is 32.1 Å². The van der Waals surface area contributed by atoms with Gasteiger partial charge in [0, 0.05) is 0 Å². The monoisotopic (exact) mass is 213 g/mol. The molecule has 3 atom stereocenters. The van der Waals surface area contributed by atoms with Crippen molar-refractivity contribution >= 4 is 0 Å². The number of nitrogens with two attached hydrogens (primary N) is 3. The fraction of sp³-hybridized carbons (Fsp3) is 1.00. The van der Waals surface area contributed by atoms with Gasteiger partial charge in [-0.1, -0.05) is 6.42 Å². The largest absolute Gasteiger partial charge is 0.330 e. The van der Waals surface area contributed by atoms with Crippen molar-refractivity contribution in [1.29, 1.82) is 0 Å². The van der Waals surface area contributed by atoms with Crippen LogP contribution in [0.25, 0.3) is 0 Å². The fourth-order valence-electron chi connectivity index (χ4n) is 2.97. The topological polar surface area (TPSA) is 78.1 Å². The van der Waals surface area contributed by atoms with E-state index in [1.807, 2.05) is 0 Å². The zero-order valence-corrected chi connectivity index (χ0v) is 9.83. The van der Waals surface area contributed by atoms with E-state index < -0.39 is 0 Å². The molecule has 0 aromatic heterocycles. The standard InChI is InChI=1S/C12H27N3/c13-6-1-2-11-8-10(5-7-14)3-4-12(11)9-15/h10-12H,1-9,13-15H2. The first-order valence-corrected chi connectivity index (χ1v) is 6.42. The maximum Gasteiger partial charge on any atom is -0.00462 e. The zero-order chi connectivity index (χ0) is 11.1. The van der Waals surface area contributed by atoms with Gasteiger partial charge < -0.3 is 17.2 Å². The second-order valence-electron chi connectivity index (χ2n) is 4.94. The van der Waals surface area contributed by atoms with Crippen molar-refractivity contribution in [3.63, 3.8) is 0 Å². The van der Waals surface area contributed by atoms with Gasteiger partial charge in [0.15, 0.2) is 0 Å². The third-order valence-electron chi connectivity index (χ3n) is 3.91. The van der Waals surface area contributed by atoms with Gasteiger partial charge in [0.05, 0.1) is 0 Å². The minimum absolute atomic E-state index is 0.741. The first-order valence-electron chi connectivity index (χ1n) is 6.42. The Balaban J connectivity index is 2.38. The van der Waals surface area contributed by atoms with Crippen LogP contribution in [0.2, 0.25) is 0 Å². The summed E-state index contributed by atoms with van der Waals surface area (Å²) < 4.78 is 0. The van der Waals surface area contributed by atoms with Crippen molar-refractivity contribution in [2.75, 3.05) is 19.6 Å². The van der Waals surface area contributed by atoms with Gasteiger partial charge in [-0.2, -0.15) is 0 Å². The molecule has 0 radical (unpaired) electrons. The molecule has 1 aliphatic carbocycles. The van der Waals surface area contributed by atoms with Crippen molar-refractivity contribution < 1.29 is 0 Å². The van der Waals surface area contributed by atoms with Gasteiger partial charge >= 0.3 is 0 Å². The first kappa shape index (κ1) is 12.9. The van der Waals surface area contributed by atoms with Crippen LogP contribution >= 0.6 is 0 Å². The molecule has 0 saturated heterocycles. The van der Waals surface area contributed by atoms with Gasteiger partial charge in [-0.3, -0.25) is 0 Å². The highest BCUT2D eigenvalue weighted by atomic mass is 14.6. The molecule has 0 aliphatic heterocycles. The summed E-state index contributed by atoms with van der Waals surface area (Å²) in [6.07, 6.45) is 7.57. The number of rotatable bonds is 6. The molecule has 1 rings (SSSR count). The highest BCUT2D eigenvalue weighted by Gasteiger charge is 2.28. The van der Waals surface area contributed by atoms with E-state index in [2.05, 4.69) is 0 Å². The average molecular weight is 213 g/mol. The third kappa shape index (κ3) is 4.09. The summed E-state index contributed by atoms with van der Waals surface area (Å²) in [5.74, 6) is 2.40. The summed E-state index contributed by atoms with van der Waals surface area (Å²) in [6, 6.07) is 0. The molecule has 1 aliphatic rings. The molecule has 6 N–H and O–H groups in total. The van der Waals surface area contributed by atoms with Crippen LogP contribution in [-0.2, 0) is 0 Å². The molecule has 0 aromatic rings. The molecule has 0 amide bonds. The van der Waals surface area contributed by atoms with Gasteiger partial charge in [-0.25, -0.2) is 0 Å². The van der Waals surface area contributed by atoms with Crippen LogP contribution in [0.15, 0.2) is 0 Å². The molecule has 0 bridgehead atoms. The highest BCUT2D eigenvalue weighted by molar-refractivity contribution is 4.81. The normalized spacial score (nSPS) is 31.8. The lowest BCUT2D eigenvalue weighted by Gasteiger charge is -2.35. The van der Waals surface area contributed by atoms with E-state index in [0.29, 0.717) is 0 Å². The second-order valence-corrected chi connectivity index (χ2v) is 4.94. The lowest BCUT2D eigenvalue weighted by atomic mass is 9.71. The Kier molecular flexibility index (Phi) is 6.22. The van der Waals surface area contributed by atoms with Gasteiger partial charge in [0.2, 0.25) is 0 Å². The van der Waals surface area contributed by atoms with Crippen LogP contribution in [0.3, 0.4) is 0 Å². The lowest BCUT2D eigenvalue weighted by Crippen LogP contribution is -2.31.